The maximum Gasteiger partial charge on any atom is 0.204 e. The predicted molar refractivity (Wildman–Crippen MR) is 52.6 cm³/mol. The highest BCUT2D eigenvalue weighted by Crippen LogP contribution is 2.24. The SMILES string of the molecule is CC(C)(I)C(=O)SCCO. The van der Waals surface area contributed by atoms with Crippen LogP contribution in [-0.4, -0.2) is 26.0 Å². The maximum atomic E-state index is 11.1. The molecule has 0 spiro atoms. The Morgan fingerprint density at radius 1 is 1.70 bits per heavy atom. The van der Waals surface area contributed by atoms with Crippen molar-refractivity contribution >= 4 is 39.5 Å². The molecule has 0 aliphatic rings. The Labute approximate surface area is 78.9 Å². The summed E-state index contributed by atoms with van der Waals surface area (Å²) in [4.78, 5) is 11.1. The molecule has 0 amide bonds. The average molecular weight is 274 g/mol. The van der Waals surface area contributed by atoms with Gasteiger partial charge in [0.15, 0.2) is 0 Å². The van der Waals surface area contributed by atoms with E-state index < -0.39 is 0 Å². The van der Waals surface area contributed by atoms with E-state index in [1.807, 2.05) is 13.8 Å². The van der Waals surface area contributed by atoms with Crippen LogP contribution in [0.25, 0.3) is 0 Å². The van der Waals surface area contributed by atoms with Crippen molar-refractivity contribution in [2.45, 2.75) is 17.3 Å². The number of alkyl halides is 1. The van der Waals surface area contributed by atoms with Gasteiger partial charge in [0.1, 0.15) is 0 Å². The lowest BCUT2D eigenvalue weighted by atomic mass is 10.3. The minimum Gasteiger partial charge on any atom is -0.396 e. The zero-order chi connectivity index (χ0) is 8.20. The first kappa shape index (κ1) is 10.7. The molecule has 0 radical (unpaired) electrons. The Hall–Kier alpha value is 0.710. The molecule has 0 aromatic heterocycles. The third kappa shape index (κ3) is 4.51. The average Bonchev–Trinajstić information content (AvgIpc) is 1.80. The lowest BCUT2D eigenvalue weighted by Crippen LogP contribution is -2.21. The van der Waals surface area contributed by atoms with Gasteiger partial charge in [-0.3, -0.25) is 4.79 Å². The minimum absolute atomic E-state index is 0.0725. The number of carbonyl (C=O) groups excluding carboxylic acids is 1. The van der Waals surface area contributed by atoms with E-state index in [-0.39, 0.29) is 15.1 Å². The highest BCUT2D eigenvalue weighted by atomic mass is 127. The molecule has 0 aromatic rings. The molecule has 10 heavy (non-hydrogen) atoms. The van der Waals surface area contributed by atoms with Gasteiger partial charge in [-0.1, -0.05) is 34.4 Å². The zero-order valence-corrected chi connectivity index (χ0v) is 9.03. The fourth-order valence-electron chi connectivity index (χ4n) is 0.310. The lowest BCUT2D eigenvalue weighted by Gasteiger charge is -2.12. The number of carbonyl (C=O) groups is 1. The van der Waals surface area contributed by atoms with E-state index in [4.69, 9.17) is 5.11 Å². The molecule has 0 aromatic carbocycles. The Morgan fingerprint density at radius 2 is 2.20 bits per heavy atom. The van der Waals surface area contributed by atoms with Crippen molar-refractivity contribution in [2.75, 3.05) is 12.4 Å². The fraction of sp³-hybridized carbons (Fsp3) is 0.833. The molecular weight excluding hydrogens is 263 g/mol. The van der Waals surface area contributed by atoms with Gasteiger partial charge in [-0.25, -0.2) is 0 Å². The Balaban J connectivity index is 3.64. The summed E-state index contributed by atoms with van der Waals surface area (Å²) in [5.41, 5.74) is 0. The van der Waals surface area contributed by atoms with Gasteiger partial charge in [0.05, 0.1) is 10.0 Å². The van der Waals surface area contributed by atoms with Gasteiger partial charge in [0, 0.05) is 5.75 Å². The molecule has 0 rings (SSSR count). The normalized spacial score (nSPS) is 11.6. The molecule has 0 aliphatic heterocycles. The summed E-state index contributed by atoms with van der Waals surface area (Å²) in [6, 6.07) is 0. The third-order valence-corrected chi connectivity index (χ3v) is 2.82. The van der Waals surface area contributed by atoms with Gasteiger partial charge in [-0.2, -0.15) is 0 Å². The van der Waals surface area contributed by atoms with Gasteiger partial charge in [0.2, 0.25) is 5.12 Å². The van der Waals surface area contributed by atoms with E-state index in [1.165, 1.54) is 11.8 Å². The highest BCUT2D eigenvalue weighted by Gasteiger charge is 2.22. The van der Waals surface area contributed by atoms with Gasteiger partial charge in [-0.05, 0) is 13.8 Å². The number of thioether (sulfide) groups is 1. The van der Waals surface area contributed by atoms with Crippen LogP contribution < -0.4 is 0 Å². The Kier molecular flexibility index (Phi) is 4.88. The number of aliphatic hydroxyl groups excluding tert-OH is 1. The molecule has 0 saturated heterocycles. The van der Waals surface area contributed by atoms with Crippen LogP contribution in [0.15, 0.2) is 0 Å². The summed E-state index contributed by atoms with van der Waals surface area (Å²) >= 11 is 3.28. The van der Waals surface area contributed by atoms with Gasteiger partial charge < -0.3 is 5.11 Å². The molecule has 0 fully saturated rings. The fourth-order valence-corrected chi connectivity index (χ4v) is 1.40. The first-order valence-electron chi connectivity index (χ1n) is 2.95. The molecule has 60 valence electrons. The van der Waals surface area contributed by atoms with Crippen LogP contribution in [0.3, 0.4) is 0 Å². The van der Waals surface area contributed by atoms with Crippen LogP contribution in [0, 0.1) is 0 Å². The van der Waals surface area contributed by atoms with Crippen molar-refractivity contribution < 1.29 is 9.90 Å². The second-order valence-electron chi connectivity index (χ2n) is 2.33. The van der Waals surface area contributed by atoms with Gasteiger partial charge in [-0.15, -0.1) is 0 Å². The number of rotatable bonds is 3. The summed E-state index contributed by atoms with van der Waals surface area (Å²) in [7, 11) is 0. The van der Waals surface area contributed by atoms with E-state index >= 15 is 0 Å². The minimum atomic E-state index is -0.308. The van der Waals surface area contributed by atoms with Crippen LogP contribution in [0.4, 0.5) is 0 Å². The van der Waals surface area contributed by atoms with Crippen LogP contribution in [0.2, 0.25) is 0 Å². The quantitative estimate of drug-likeness (QED) is 0.625. The van der Waals surface area contributed by atoms with Crippen molar-refractivity contribution in [2.24, 2.45) is 0 Å². The first-order valence-corrected chi connectivity index (χ1v) is 5.02. The number of aliphatic hydroxyl groups is 1. The first-order chi connectivity index (χ1) is 4.48. The van der Waals surface area contributed by atoms with Crippen molar-refractivity contribution in [3.8, 4) is 0 Å². The molecule has 0 bridgehead atoms. The van der Waals surface area contributed by atoms with Gasteiger partial charge >= 0.3 is 0 Å². The third-order valence-electron chi connectivity index (χ3n) is 0.810. The van der Waals surface area contributed by atoms with E-state index in [0.717, 1.165) is 0 Å². The zero-order valence-electron chi connectivity index (χ0n) is 6.06. The molecule has 1 N–H and O–H groups in total. The lowest BCUT2D eigenvalue weighted by molar-refractivity contribution is -0.111. The topological polar surface area (TPSA) is 37.3 Å². The monoisotopic (exact) mass is 274 g/mol. The predicted octanol–water partition coefficient (Wildman–Crippen LogP) is 1.45. The molecule has 0 atom stereocenters. The Morgan fingerprint density at radius 3 is 2.50 bits per heavy atom. The number of halogens is 1. The van der Waals surface area contributed by atoms with E-state index in [2.05, 4.69) is 22.6 Å². The highest BCUT2D eigenvalue weighted by molar-refractivity contribution is 14.1. The molecule has 0 saturated carbocycles. The summed E-state index contributed by atoms with van der Waals surface area (Å²) in [5.74, 6) is 0.505. The van der Waals surface area contributed by atoms with Crippen molar-refractivity contribution in [1.82, 2.24) is 0 Å². The summed E-state index contributed by atoms with van der Waals surface area (Å²) < 4.78 is -0.308. The molecule has 0 unspecified atom stereocenters. The van der Waals surface area contributed by atoms with Crippen molar-refractivity contribution in [1.29, 1.82) is 0 Å². The van der Waals surface area contributed by atoms with Crippen molar-refractivity contribution in [3.63, 3.8) is 0 Å². The van der Waals surface area contributed by atoms with Crippen LogP contribution >= 0.6 is 34.4 Å². The number of hydrogen-bond donors (Lipinski definition) is 1. The molecule has 0 heterocycles. The van der Waals surface area contributed by atoms with Crippen LogP contribution in [0.5, 0.6) is 0 Å². The summed E-state index contributed by atoms with van der Waals surface area (Å²) in [6.45, 7) is 3.80. The largest absolute Gasteiger partial charge is 0.396 e. The van der Waals surface area contributed by atoms with Crippen LogP contribution in [-0.2, 0) is 4.79 Å². The number of hydrogen-bond acceptors (Lipinski definition) is 3. The van der Waals surface area contributed by atoms with E-state index in [9.17, 15) is 4.79 Å². The second-order valence-corrected chi connectivity index (χ2v) is 6.10. The van der Waals surface area contributed by atoms with Crippen molar-refractivity contribution in [3.05, 3.63) is 0 Å². The van der Waals surface area contributed by atoms with Crippen LogP contribution in [0.1, 0.15) is 13.8 Å². The molecule has 0 aliphatic carbocycles. The summed E-state index contributed by atoms with van der Waals surface area (Å²) in [6.07, 6.45) is 0. The molecular formula is C6H11IO2S. The Bertz CT molecular complexity index is 119. The summed E-state index contributed by atoms with van der Waals surface area (Å²) in [5, 5.41) is 8.53. The van der Waals surface area contributed by atoms with Gasteiger partial charge in [0.25, 0.3) is 0 Å². The van der Waals surface area contributed by atoms with E-state index in [1.54, 1.807) is 0 Å². The standard InChI is InChI=1S/C6H11IO2S/c1-6(2,7)5(9)10-4-3-8/h8H,3-4H2,1-2H3. The maximum absolute atomic E-state index is 11.1. The molecule has 2 nitrogen and oxygen atoms in total. The molecule has 4 heteroatoms. The van der Waals surface area contributed by atoms with E-state index in [0.29, 0.717) is 5.75 Å². The smallest absolute Gasteiger partial charge is 0.204 e. The second kappa shape index (κ2) is 4.56.